The first-order valence-corrected chi connectivity index (χ1v) is 8.33. The van der Waals surface area contributed by atoms with E-state index in [9.17, 15) is 9.59 Å². The molecule has 126 valence electrons. The number of H-pyrrole nitrogens is 1. The van der Waals surface area contributed by atoms with Crippen LogP contribution in [0.15, 0.2) is 47.4 Å². The van der Waals surface area contributed by atoms with E-state index in [2.05, 4.69) is 16.0 Å². The lowest BCUT2D eigenvalue weighted by Crippen LogP contribution is -2.48. The van der Waals surface area contributed by atoms with Crippen molar-refractivity contribution in [2.24, 2.45) is 0 Å². The predicted molar refractivity (Wildman–Crippen MR) is 93.8 cm³/mol. The number of hydrogen-bond donors (Lipinski definition) is 1. The Labute approximate surface area is 141 Å². The molecule has 0 spiro atoms. The molecule has 1 aliphatic rings. The van der Waals surface area contributed by atoms with E-state index in [0.717, 1.165) is 43.9 Å². The summed E-state index contributed by atoms with van der Waals surface area (Å²) in [5.74, 6) is 0.198. The van der Waals surface area contributed by atoms with Gasteiger partial charge in [-0.2, -0.15) is 0 Å². The summed E-state index contributed by atoms with van der Waals surface area (Å²) < 4.78 is 0. The van der Waals surface area contributed by atoms with Crippen molar-refractivity contribution in [2.45, 2.75) is 19.9 Å². The number of hydrogen-bond acceptors (Lipinski definition) is 3. The number of aromatic nitrogens is 1. The van der Waals surface area contributed by atoms with Gasteiger partial charge in [-0.3, -0.25) is 14.5 Å². The van der Waals surface area contributed by atoms with Crippen molar-refractivity contribution in [3.63, 3.8) is 0 Å². The van der Waals surface area contributed by atoms with Crippen LogP contribution in [-0.4, -0.2) is 46.9 Å². The largest absolute Gasteiger partial charge is 0.340 e. The molecule has 5 nitrogen and oxygen atoms in total. The molecule has 1 saturated heterocycles. The summed E-state index contributed by atoms with van der Waals surface area (Å²) in [4.78, 5) is 30.5. The molecular formula is C19H23N3O2. The maximum Gasteiger partial charge on any atom is 0.247 e. The van der Waals surface area contributed by atoms with E-state index < -0.39 is 0 Å². The van der Waals surface area contributed by atoms with E-state index in [1.807, 2.05) is 36.1 Å². The van der Waals surface area contributed by atoms with Crippen molar-refractivity contribution < 1.29 is 4.79 Å². The molecule has 1 aromatic heterocycles. The van der Waals surface area contributed by atoms with Gasteiger partial charge in [-0.1, -0.05) is 35.9 Å². The van der Waals surface area contributed by atoms with Gasteiger partial charge in [-0.05, 0) is 18.1 Å². The number of amides is 1. The van der Waals surface area contributed by atoms with E-state index in [1.165, 1.54) is 5.56 Å². The number of benzene rings is 1. The number of carbonyl (C=O) groups is 1. The first-order valence-electron chi connectivity index (χ1n) is 8.33. The fraction of sp³-hybridized carbons (Fsp3) is 0.368. The molecule has 3 rings (SSSR count). The van der Waals surface area contributed by atoms with Crippen molar-refractivity contribution in [3.05, 3.63) is 69.6 Å². The summed E-state index contributed by atoms with van der Waals surface area (Å²) in [6, 6.07) is 11.5. The minimum absolute atomic E-state index is 0.0784. The molecule has 0 radical (unpaired) electrons. The van der Waals surface area contributed by atoms with E-state index in [1.54, 1.807) is 12.3 Å². The summed E-state index contributed by atoms with van der Waals surface area (Å²) in [6.45, 7) is 6.08. The lowest BCUT2D eigenvalue weighted by Gasteiger charge is -2.34. The van der Waals surface area contributed by atoms with Crippen molar-refractivity contribution >= 4 is 5.91 Å². The lowest BCUT2D eigenvalue weighted by molar-refractivity contribution is -0.132. The lowest BCUT2D eigenvalue weighted by atomic mass is 10.1. The normalized spacial score (nSPS) is 15.5. The fourth-order valence-electron chi connectivity index (χ4n) is 3.06. The number of aryl methyl sites for hydroxylation is 1. The van der Waals surface area contributed by atoms with Gasteiger partial charge in [0.25, 0.3) is 0 Å². The Morgan fingerprint density at radius 2 is 1.88 bits per heavy atom. The minimum atomic E-state index is -0.0784. The van der Waals surface area contributed by atoms with Crippen LogP contribution in [0.1, 0.15) is 16.7 Å². The number of piperazine rings is 1. The summed E-state index contributed by atoms with van der Waals surface area (Å²) in [6.07, 6.45) is 2.24. The Morgan fingerprint density at radius 1 is 1.08 bits per heavy atom. The molecule has 1 N–H and O–H groups in total. The van der Waals surface area contributed by atoms with Gasteiger partial charge in [0.15, 0.2) is 0 Å². The molecule has 2 heterocycles. The van der Waals surface area contributed by atoms with Crippen molar-refractivity contribution in [1.29, 1.82) is 0 Å². The summed E-state index contributed by atoms with van der Waals surface area (Å²) in [5.41, 5.74) is 3.28. The van der Waals surface area contributed by atoms with Crippen LogP contribution < -0.4 is 5.56 Å². The van der Waals surface area contributed by atoms with E-state index in [-0.39, 0.29) is 11.5 Å². The SMILES string of the molecule is Cc1cccc(CC(=O)N2CCN(Cc3ccc(=O)[nH]c3)CC2)c1. The Balaban J connectivity index is 1.50. The maximum atomic E-state index is 12.4. The molecule has 0 aliphatic carbocycles. The number of carbonyl (C=O) groups excluding carboxylic acids is 1. The second-order valence-corrected chi connectivity index (χ2v) is 6.38. The highest BCUT2D eigenvalue weighted by atomic mass is 16.2. The summed E-state index contributed by atoms with van der Waals surface area (Å²) >= 11 is 0. The zero-order valence-electron chi connectivity index (χ0n) is 14.0. The molecule has 0 bridgehead atoms. The second kappa shape index (κ2) is 7.45. The molecule has 5 heteroatoms. The summed E-state index contributed by atoms with van der Waals surface area (Å²) in [7, 11) is 0. The van der Waals surface area contributed by atoms with Crippen LogP contribution in [0.3, 0.4) is 0 Å². The quantitative estimate of drug-likeness (QED) is 0.928. The Kier molecular flexibility index (Phi) is 5.11. The zero-order valence-corrected chi connectivity index (χ0v) is 14.0. The van der Waals surface area contributed by atoms with Crippen LogP contribution in [0, 0.1) is 6.92 Å². The highest BCUT2D eigenvalue weighted by Gasteiger charge is 2.21. The van der Waals surface area contributed by atoms with Crippen LogP contribution in [-0.2, 0) is 17.8 Å². The van der Waals surface area contributed by atoms with E-state index >= 15 is 0 Å². The van der Waals surface area contributed by atoms with E-state index in [0.29, 0.717) is 6.42 Å². The number of nitrogens with one attached hydrogen (secondary N) is 1. The Bertz CT molecular complexity index is 741. The topological polar surface area (TPSA) is 56.4 Å². The minimum Gasteiger partial charge on any atom is -0.340 e. The van der Waals surface area contributed by atoms with Crippen LogP contribution in [0.25, 0.3) is 0 Å². The third-order valence-corrected chi connectivity index (χ3v) is 4.42. The molecular weight excluding hydrogens is 302 g/mol. The Hall–Kier alpha value is -2.40. The van der Waals surface area contributed by atoms with Crippen molar-refractivity contribution in [2.75, 3.05) is 26.2 Å². The number of nitrogens with zero attached hydrogens (tertiary/aromatic N) is 2. The smallest absolute Gasteiger partial charge is 0.247 e. The zero-order chi connectivity index (χ0) is 16.9. The van der Waals surface area contributed by atoms with Gasteiger partial charge in [-0.25, -0.2) is 0 Å². The first-order chi connectivity index (χ1) is 11.6. The standard InChI is InChI=1S/C19H23N3O2/c1-15-3-2-4-16(11-15)12-19(24)22-9-7-21(8-10-22)14-17-5-6-18(23)20-13-17/h2-6,11,13H,7-10,12,14H2,1H3,(H,20,23). The molecule has 2 aromatic rings. The highest BCUT2D eigenvalue weighted by molar-refractivity contribution is 5.79. The van der Waals surface area contributed by atoms with Crippen LogP contribution in [0.4, 0.5) is 0 Å². The second-order valence-electron chi connectivity index (χ2n) is 6.38. The van der Waals surface area contributed by atoms with Gasteiger partial charge < -0.3 is 9.88 Å². The number of rotatable bonds is 4. The predicted octanol–water partition coefficient (Wildman–Crippen LogP) is 1.57. The fourth-order valence-corrected chi connectivity index (χ4v) is 3.06. The average Bonchev–Trinajstić information content (AvgIpc) is 2.57. The number of pyridine rings is 1. The molecule has 1 amide bonds. The van der Waals surface area contributed by atoms with E-state index in [4.69, 9.17) is 0 Å². The van der Waals surface area contributed by atoms with Gasteiger partial charge >= 0.3 is 0 Å². The highest BCUT2D eigenvalue weighted by Crippen LogP contribution is 2.10. The molecule has 0 atom stereocenters. The van der Waals surface area contributed by atoms with Crippen LogP contribution >= 0.6 is 0 Å². The number of aromatic amines is 1. The van der Waals surface area contributed by atoms with Gasteiger partial charge in [-0.15, -0.1) is 0 Å². The van der Waals surface area contributed by atoms with Gasteiger partial charge in [0, 0.05) is 45.0 Å². The van der Waals surface area contributed by atoms with Crippen molar-refractivity contribution in [3.8, 4) is 0 Å². The summed E-state index contributed by atoms with van der Waals surface area (Å²) in [5, 5.41) is 0. The third-order valence-electron chi connectivity index (χ3n) is 4.42. The molecule has 0 unspecified atom stereocenters. The average molecular weight is 325 g/mol. The monoisotopic (exact) mass is 325 g/mol. The van der Waals surface area contributed by atoms with Gasteiger partial charge in [0.2, 0.25) is 11.5 Å². The Morgan fingerprint density at radius 3 is 2.54 bits per heavy atom. The maximum absolute atomic E-state index is 12.4. The van der Waals surface area contributed by atoms with Gasteiger partial charge in [0.1, 0.15) is 0 Å². The molecule has 1 aromatic carbocycles. The van der Waals surface area contributed by atoms with Crippen molar-refractivity contribution in [1.82, 2.24) is 14.8 Å². The van der Waals surface area contributed by atoms with Crippen LogP contribution in [0.2, 0.25) is 0 Å². The van der Waals surface area contributed by atoms with Crippen LogP contribution in [0.5, 0.6) is 0 Å². The molecule has 0 saturated carbocycles. The molecule has 24 heavy (non-hydrogen) atoms. The third kappa shape index (κ3) is 4.32. The first kappa shape index (κ1) is 16.5. The van der Waals surface area contributed by atoms with Gasteiger partial charge in [0.05, 0.1) is 6.42 Å². The molecule has 1 aliphatic heterocycles. The molecule has 1 fully saturated rings.